The van der Waals surface area contributed by atoms with Crippen LogP contribution in [-0.4, -0.2) is 43.6 Å². The zero-order valence-electron chi connectivity index (χ0n) is 10.5. The number of carboxylic acids is 1. The van der Waals surface area contributed by atoms with Crippen molar-refractivity contribution >= 4 is 29.5 Å². The lowest BCUT2D eigenvalue weighted by molar-refractivity contribution is -0.133. The maximum absolute atomic E-state index is 10.7. The minimum atomic E-state index is -0.819. The van der Waals surface area contributed by atoms with E-state index in [-0.39, 0.29) is 5.75 Å². The van der Waals surface area contributed by atoms with Crippen molar-refractivity contribution in [3.8, 4) is 0 Å². The van der Waals surface area contributed by atoms with E-state index in [9.17, 15) is 4.79 Å². The highest BCUT2D eigenvalue weighted by molar-refractivity contribution is 7.99. The molecule has 1 aromatic heterocycles. The van der Waals surface area contributed by atoms with Crippen molar-refractivity contribution in [3.05, 3.63) is 5.82 Å². The van der Waals surface area contributed by atoms with Crippen LogP contribution in [-0.2, 0) is 4.79 Å². The molecule has 0 bridgehead atoms. The topological polar surface area (TPSA) is 68.0 Å². The fourth-order valence-electron chi connectivity index (χ4n) is 1.86. The Morgan fingerprint density at radius 2 is 2.28 bits per heavy atom. The van der Waals surface area contributed by atoms with Crippen LogP contribution in [0, 0.1) is 0 Å². The summed E-state index contributed by atoms with van der Waals surface area (Å²) in [6, 6.07) is 0.307. The Morgan fingerprint density at radius 1 is 1.56 bits per heavy atom. The molecule has 5 nitrogen and oxygen atoms in total. The van der Waals surface area contributed by atoms with Crippen LogP contribution in [0.1, 0.15) is 37.5 Å². The van der Waals surface area contributed by atoms with Crippen LogP contribution in [0.15, 0.2) is 5.16 Å². The van der Waals surface area contributed by atoms with Crippen LogP contribution in [0.25, 0.3) is 0 Å². The highest BCUT2D eigenvalue weighted by Gasteiger charge is 2.31. The van der Waals surface area contributed by atoms with Gasteiger partial charge in [0.2, 0.25) is 0 Å². The van der Waals surface area contributed by atoms with Crippen LogP contribution in [0.4, 0.5) is 0 Å². The van der Waals surface area contributed by atoms with Crippen molar-refractivity contribution in [3.63, 3.8) is 0 Å². The lowest BCUT2D eigenvalue weighted by Crippen LogP contribution is -2.13. The van der Waals surface area contributed by atoms with Gasteiger partial charge in [-0.05, 0) is 26.0 Å². The summed E-state index contributed by atoms with van der Waals surface area (Å²) in [4.78, 5) is 10.7. The summed E-state index contributed by atoms with van der Waals surface area (Å²) in [7, 11) is 0. The van der Waals surface area contributed by atoms with Crippen LogP contribution < -0.4 is 0 Å². The van der Waals surface area contributed by atoms with Crippen LogP contribution in [0.5, 0.6) is 0 Å². The van der Waals surface area contributed by atoms with Gasteiger partial charge in [-0.1, -0.05) is 11.8 Å². The molecule has 0 aromatic carbocycles. The number of carboxylic acid groups (broad SMARTS) is 1. The van der Waals surface area contributed by atoms with Gasteiger partial charge in [0.15, 0.2) is 5.16 Å². The molecule has 1 saturated carbocycles. The van der Waals surface area contributed by atoms with Crippen molar-refractivity contribution in [1.29, 1.82) is 0 Å². The normalized spacial score (nSPS) is 16.8. The Hall–Kier alpha value is -0.690. The quantitative estimate of drug-likeness (QED) is 0.776. The molecule has 0 radical (unpaired) electrons. The molecule has 100 valence electrons. The monoisotopic (exact) mass is 287 g/mol. The highest BCUT2D eigenvalue weighted by atomic mass is 32.2. The summed E-state index contributed by atoms with van der Waals surface area (Å²) in [5.41, 5.74) is 0. The summed E-state index contributed by atoms with van der Waals surface area (Å²) < 4.78 is 2.13. The second kappa shape index (κ2) is 5.97. The maximum atomic E-state index is 10.7. The molecule has 2 rings (SSSR count). The summed E-state index contributed by atoms with van der Waals surface area (Å²) in [6.07, 6.45) is 4.42. The molecule has 0 saturated heterocycles. The lowest BCUT2D eigenvalue weighted by atomic mass is 10.3. The minimum absolute atomic E-state index is 0.0365. The third kappa shape index (κ3) is 3.20. The number of hydrogen-bond donors (Lipinski definition) is 1. The first-order valence-electron chi connectivity index (χ1n) is 5.91. The van der Waals surface area contributed by atoms with Gasteiger partial charge in [-0.2, -0.15) is 11.8 Å². The lowest BCUT2D eigenvalue weighted by Gasteiger charge is -2.16. The van der Waals surface area contributed by atoms with E-state index < -0.39 is 5.97 Å². The average Bonchev–Trinajstić information content (AvgIpc) is 3.07. The molecule has 1 N–H and O–H groups in total. The minimum Gasteiger partial charge on any atom is -0.481 e. The molecule has 1 aromatic rings. The van der Waals surface area contributed by atoms with Crippen LogP contribution >= 0.6 is 23.5 Å². The van der Waals surface area contributed by atoms with Crippen LogP contribution in [0.2, 0.25) is 0 Å². The van der Waals surface area contributed by atoms with Gasteiger partial charge in [0.1, 0.15) is 5.82 Å². The predicted molar refractivity (Wildman–Crippen MR) is 73.4 cm³/mol. The molecule has 0 aliphatic heterocycles. The highest BCUT2D eigenvalue weighted by Crippen LogP contribution is 2.41. The van der Waals surface area contributed by atoms with Crippen molar-refractivity contribution in [1.82, 2.24) is 14.8 Å². The maximum Gasteiger partial charge on any atom is 0.313 e. The molecule has 0 spiro atoms. The largest absolute Gasteiger partial charge is 0.481 e. The summed E-state index contributed by atoms with van der Waals surface area (Å²) >= 11 is 3.04. The number of thioether (sulfide) groups is 2. The zero-order valence-corrected chi connectivity index (χ0v) is 12.1. The van der Waals surface area contributed by atoms with Gasteiger partial charge >= 0.3 is 5.97 Å². The third-order valence-electron chi connectivity index (χ3n) is 2.81. The van der Waals surface area contributed by atoms with Crippen molar-refractivity contribution < 1.29 is 9.90 Å². The van der Waals surface area contributed by atoms with Gasteiger partial charge in [-0.15, -0.1) is 10.2 Å². The predicted octanol–water partition coefficient (Wildman–Crippen LogP) is 2.26. The molecule has 1 fully saturated rings. The summed E-state index contributed by atoms with van der Waals surface area (Å²) in [5.74, 6) is 1.76. The van der Waals surface area contributed by atoms with E-state index in [2.05, 4.69) is 27.9 Å². The average molecular weight is 287 g/mol. The van der Waals surface area contributed by atoms with Crippen molar-refractivity contribution in [2.75, 3.05) is 17.8 Å². The Balaban J connectivity index is 2.19. The van der Waals surface area contributed by atoms with E-state index in [1.165, 1.54) is 24.6 Å². The second-order valence-electron chi connectivity index (χ2n) is 4.47. The van der Waals surface area contributed by atoms with Crippen molar-refractivity contribution in [2.45, 2.75) is 36.9 Å². The number of aromatic nitrogens is 3. The van der Waals surface area contributed by atoms with Gasteiger partial charge < -0.3 is 9.67 Å². The Morgan fingerprint density at radius 3 is 2.83 bits per heavy atom. The fourth-order valence-corrected chi connectivity index (χ4v) is 3.26. The van der Waals surface area contributed by atoms with E-state index in [4.69, 9.17) is 5.11 Å². The number of aliphatic carboxylic acids is 1. The molecule has 7 heteroatoms. The molecule has 1 atom stereocenters. The van der Waals surface area contributed by atoms with E-state index in [1.54, 1.807) is 11.8 Å². The van der Waals surface area contributed by atoms with E-state index >= 15 is 0 Å². The van der Waals surface area contributed by atoms with Gasteiger partial charge in [-0.3, -0.25) is 4.79 Å². The number of nitrogens with zero attached hydrogens (tertiary/aromatic N) is 3. The van der Waals surface area contributed by atoms with Gasteiger partial charge in [0.25, 0.3) is 0 Å². The molecular formula is C11H17N3O2S2. The summed E-state index contributed by atoms with van der Waals surface area (Å²) in [6.45, 7) is 2.14. The Labute approximate surface area is 115 Å². The Kier molecular flexibility index (Phi) is 4.55. The molecule has 18 heavy (non-hydrogen) atoms. The van der Waals surface area contributed by atoms with Crippen LogP contribution in [0.3, 0.4) is 0 Å². The smallest absolute Gasteiger partial charge is 0.313 e. The first-order valence-corrected chi connectivity index (χ1v) is 8.29. The van der Waals surface area contributed by atoms with Gasteiger partial charge in [0, 0.05) is 17.7 Å². The fraction of sp³-hybridized carbons (Fsp3) is 0.727. The first-order chi connectivity index (χ1) is 8.63. The third-order valence-corrected chi connectivity index (χ3v) is 4.55. The number of hydrogen-bond acceptors (Lipinski definition) is 5. The molecule has 1 heterocycles. The van der Waals surface area contributed by atoms with Crippen molar-refractivity contribution in [2.24, 2.45) is 0 Å². The van der Waals surface area contributed by atoms with Gasteiger partial charge in [-0.25, -0.2) is 0 Å². The molecule has 1 aliphatic rings. The molecule has 0 amide bonds. The first kappa shape index (κ1) is 13.7. The summed E-state index contributed by atoms with van der Waals surface area (Å²) in [5, 5.41) is 17.9. The van der Waals surface area contributed by atoms with E-state index in [0.717, 1.165) is 16.7 Å². The SMILES string of the molecule is CSCC(C)n1c(SCC(=O)O)nnc1C1CC1. The Bertz CT molecular complexity index is 432. The molecule has 1 aliphatic carbocycles. The zero-order chi connectivity index (χ0) is 13.1. The second-order valence-corrected chi connectivity index (χ2v) is 6.33. The van der Waals surface area contributed by atoms with E-state index in [0.29, 0.717) is 12.0 Å². The number of rotatable bonds is 7. The molecular weight excluding hydrogens is 270 g/mol. The molecule has 1 unspecified atom stereocenters. The van der Waals surface area contributed by atoms with E-state index in [1.807, 2.05) is 0 Å². The van der Waals surface area contributed by atoms with Gasteiger partial charge in [0.05, 0.1) is 5.75 Å². The standard InChI is InChI=1S/C11H17N3O2S2/c1-7(5-17-2)14-10(8-3-4-8)12-13-11(14)18-6-9(15)16/h7-8H,3-6H2,1-2H3,(H,15,16). The number of carbonyl (C=O) groups is 1.